The lowest BCUT2D eigenvalue weighted by Crippen LogP contribution is -2.14. The van der Waals surface area contributed by atoms with E-state index in [2.05, 4.69) is 5.32 Å². The molecule has 0 saturated carbocycles. The van der Waals surface area contributed by atoms with Crippen LogP contribution in [0.3, 0.4) is 0 Å². The molecule has 94 valence electrons. The molecule has 0 bridgehead atoms. The molecule has 2 aromatic rings. The summed E-state index contributed by atoms with van der Waals surface area (Å²) in [5, 5.41) is 13.8. The number of halogens is 1. The van der Waals surface area contributed by atoms with Gasteiger partial charge < -0.3 is 10.4 Å². The lowest BCUT2D eigenvalue weighted by Gasteiger charge is -2.04. The summed E-state index contributed by atoms with van der Waals surface area (Å²) in [6, 6.07) is 8.11. The highest BCUT2D eigenvalue weighted by atomic mass is 32.1. The Labute approximate surface area is 108 Å². The van der Waals surface area contributed by atoms with Crippen LogP contribution in [0.2, 0.25) is 0 Å². The van der Waals surface area contributed by atoms with Crippen LogP contribution in [-0.4, -0.2) is 11.1 Å². The largest absolute Gasteiger partial charge is 0.477 e. The van der Waals surface area contributed by atoms with Gasteiger partial charge in [0.25, 0.3) is 0 Å². The number of hydrogen-bond acceptors (Lipinski definition) is 3. The fraction of sp³-hybridized carbons (Fsp3) is 0.154. The molecule has 0 aliphatic rings. The molecule has 0 saturated heterocycles. The second kappa shape index (κ2) is 5.75. The van der Waals surface area contributed by atoms with Crippen LogP contribution in [0.5, 0.6) is 0 Å². The van der Waals surface area contributed by atoms with Crippen molar-refractivity contribution in [3.8, 4) is 0 Å². The van der Waals surface area contributed by atoms with Gasteiger partial charge in [0.05, 0.1) is 0 Å². The number of hydrogen-bond donors (Lipinski definition) is 2. The van der Waals surface area contributed by atoms with E-state index in [1.54, 1.807) is 17.5 Å². The Kier molecular flexibility index (Phi) is 4.07. The Morgan fingerprint density at radius 3 is 2.89 bits per heavy atom. The van der Waals surface area contributed by atoms with Crippen LogP contribution < -0.4 is 5.32 Å². The van der Waals surface area contributed by atoms with Gasteiger partial charge in [-0.05, 0) is 34.7 Å². The van der Waals surface area contributed by atoms with Crippen LogP contribution in [0.4, 0.5) is 4.39 Å². The van der Waals surface area contributed by atoms with Crippen molar-refractivity contribution in [1.82, 2.24) is 5.32 Å². The Hall–Kier alpha value is -1.72. The van der Waals surface area contributed by atoms with Gasteiger partial charge in [-0.2, -0.15) is 0 Å². The zero-order chi connectivity index (χ0) is 13.0. The number of benzene rings is 1. The molecule has 0 unspecified atom stereocenters. The van der Waals surface area contributed by atoms with Crippen molar-refractivity contribution in [3.05, 3.63) is 57.5 Å². The summed E-state index contributed by atoms with van der Waals surface area (Å²) >= 11 is 1.21. The summed E-state index contributed by atoms with van der Waals surface area (Å²) in [4.78, 5) is 11.2. The molecule has 1 aromatic heterocycles. The Balaban J connectivity index is 1.92. The fourth-order valence-corrected chi connectivity index (χ4v) is 2.41. The van der Waals surface area contributed by atoms with Crippen molar-refractivity contribution in [2.45, 2.75) is 13.1 Å². The van der Waals surface area contributed by atoms with Crippen LogP contribution in [0, 0.1) is 5.82 Å². The summed E-state index contributed by atoms with van der Waals surface area (Å²) in [6.07, 6.45) is 0. The van der Waals surface area contributed by atoms with Gasteiger partial charge in [0.15, 0.2) is 0 Å². The van der Waals surface area contributed by atoms with E-state index in [1.165, 1.54) is 23.5 Å². The summed E-state index contributed by atoms with van der Waals surface area (Å²) in [6.45, 7) is 0.967. The van der Waals surface area contributed by atoms with Crippen molar-refractivity contribution in [1.29, 1.82) is 0 Å². The van der Waals surface area contributed by atoms with E-state index in [1.807, 2.05) is 6.07 Å². The molecule has 0 fully saturated rings. The minimum atomic E-state index is -0.910. The monoisotopic (exact) mass is 265 g/mol. The first-order valence-electron chi connectivity index (χ1n) is 5.41. The molecular formula is C13H12FNO2S. The van der Waals surface area contributed by atoms with Crippen LogP contribution in [0.1, 0.15) is 20.8 Å². The van der Waals surface area contributed by atoms with Crippen molar-refractivity contribution in [2.75, 3.05) is 0 Å². The molecule has 0 aliphatic carbocycles. The quantitative estimate of drug-likeness (QED) is 0.874. The molecular weight excluding hydrogens is 253 g/mol. The van der Waals surface area contributed by atoms with E-state index in [4.69, 9.17) is 5.11 Å². The topological polar surface area (TPSA) is 49.3 Å². The van der Waals surface area contributed by atoms with E-state index in [0.717, 1.165) is 11.1 Å². The third-order valence-corrected chi connectivity index (χ3v) is 3.42. The molecule has 1 aromatic carbocycles. The molecule has 0 amide bonds. The first-order chi connectivity index (χ1) is 8.66. The van der Waals surface area contributed by atoms with Crippen molar-refractivity contribution >= 4 is 17.3 Å². The number of carboxylic acid groups (broad SMARTS) is 1. The third-order valence-electron chi connectivity index (χ3n) is 2.47. The minimum Gasteiger partial charge on any atom is -0.477 e. The van der Waals surface area contributed by atoms with E-state index in [9.17, 15) is 9.18 Å². The van der Waals surface area contributed by atoms with E-state index >= 15 is 0 Å². The first kappa shape index (κ1) is 12.7. The fourth-order valence-electron chi connectivity index (χ4n) is 1.65. The highest BCUT2D eigenvalue weighted by Crippen LogP contribution is 2.16. The summed E-state index contributed by atoms with van der Waals surface area (Å²) in [5.74, 6) is -1.18. The number of thiophene rings is 1. The predicted molar refractivity (Wildman–Crippen MR) is 68.2 cm³/mol. The second-order valence-corrected chi connectivity index (χ2v) is 4.73. The van der Waals surface area contributed by atoms with Gasteiger partial charge in [0.1, 0.15) is 10.7 Å². The van der Waals surface area contributed by atoms with Gasteiger partial charge in [-0.1, -0.05) is 12.1 Å². The van der Waals surface area contributed by atoms with Gasteiger partial charge in [-0.15, -0.1) is 11.3 Å². The van der Waals surface area contributed by atoms with E-state index in [0.29, 0.717) is 18.0 Å². The summed E-state index contributed by atoms with van der Waals surface area (Å²) in [7, 11) is 0. The zero-order valence-electron chi connectivity index (χ0n) is 9.52. The molecule has 0 atom stereocenters. The van der Waals surface area contributed by atoms with Gasteiger partial charge in [0, 0.05) is 13.1 Å². The molecule has 1 heterocycles. The molecule has 5 heteroatoms. The predicted octanol–water partition coefficient (Wildman–Crippen LogP) is 2.88. The van der Waals surface area contributed by atoms with Crippen LogP contribution >= 0.6 is 11.3 Å². The maximum absolute atomic E-state index is 12.9. The number of rotatable bonds is 5. The summed E-state index contributed by atoms with van der Waals surface area (Å²) in [5.41, 5.74) is 1.59. The van der Waals surface area contributed by atoms with Crippen LogP contribution in [0.25, 0.3) is 0 Å². The number of aromatic carboxylic acids is 1. The molecule has 0 aliphatic heterocycles. The maximum Gasteiger partial charge on any atom is 0.346 e. The highest BCUT2D eigenvalue weighted by molar-refractivity contribution is 7.12. The van der Waals surface area contributed by atoms with Crippen LogP contribution in [-0.2, 0) is 13.1 Å². The Morgan fingerprint density at radius 2 is 2.17 bits per heavy atom. The van der Waals surface area contributed by atoms with Gasteiger partial charge in [0.2, 0.25) is 0 Å². The molecule has 0 radical (unpaired) electrons. The van der Waals surface area contributed by atoms with Crippen molar-refractivity contribution in [3.63, 3.8) is 0 Å². The maximum atomic E-state index is 12.9. The average Bonchev–Trinajstić information content (AvgIpc) is 2.77. The summed E-state index contributed by atoms with van der Waals surface area (Å²) < 4.78 is 12.9. The minimum absolute atomic E-state index is 0.268. The van der Waals surface area contributed by atoms with Crippen molar-refractivity contribution in [2.24, 2.45) is 0 Å². The third kappa shape index (κ3) is 3.15. The number of carboxylic acids is 1. The molecule has 18 heavy (non-hydrogen) atoms. The smallest absolute Gasteiger partial charge is 0.346 e. The lowest BCUT2D eigenvalue weighted by atomic mass is 10.2. The molecule has 0 spiro atoms. The standard InChI is InChI=1S/C13H12FNO2S/c14-11-3-1-2-9(6-11)7-15-8-10-4-5-18-12(10)13(16)17/h1-6,15H,7-8H2,(H,16,17). The van der Waals surface area contributed by atoms with Gasteiger partial charge >= 0.3 is 5.97 Å². The van der Waals surface area contributed by atoms with Crippen molar-refractivity contribution < 1.29 is 14.3 Å². The molecule has 2 N–H and O–H groups in total. The lowest BCUT2D eigenvalue weighted by molar-refractivity contribution is 0.0701. The Bertz CT molecular complexity index is 553. The SMILES string of the molecule is O=C(O)c1sccc1CNCc1cccc(F)c1. The van der Waals surface area contributed by atoms with Crippen LogP contribution in [0.15, 0.2) is 35.7 Å². The second-order valence-electron chi connectivity index (χ2n) is 3.81. The van der Waals surface area contributed by atoms with Gasteiger partial charge in [-0.25, -0.2) is 9.18 Å². The molecule has 3 nitrogen and oxygen atoms in total. The average molecular weight is 265 g/mol. The number of nitrogens with one attached hydrogen (secondary N) is 1. The zero-order valence-corrected chi connectivity index (χ0v) is 10.3. The molecule has 2 rings (SSSR count). The first-order valence-corrected chi connectivity index (χ1v) is 6.29. The van der Waals surface area contributed by atoms with E-state index in [-0.39, 0.29) is 5.82 Å². The Morgan fingerprint density at radius 1 is 1.33 bits per heavy atom. The highest BCUT2D eigenvalue weighted by Gasteiger charge is 2.10. The number of carbonyl (C=O) groups is 1. The van der Waals surface area contributed by atoms with E-state index < -0.39 is 5.97 Å². The normalized spacial score (nSPS) is 10.5. The van der Waals surface area contributed by atoms with Gasteiger partial charge in [-0.3, -0.25) is 0 Å².